The Kier molecular flexibility index (Phi) is 2.88. The van der Waals surface area contributed by atoms with E-state index < -0.39 is 5.95 Å². The lowest BCUT2D eigenvalue weighted by atomic mass is 10.0. The number of rotatable bonds is 2. The topological polar surface area (TPSA) is 54.0 Å². The van der Waals surface area contributed by atoms with Gasteiger partial charge in [0.15, 0.2) is 10.8 Å². The van der Waals surface area contributed by atoms with E-state index >= 15 is 0 Å². The number of imidazole rings is 1. The summed E-state index contributed by atoms with van der Waals surface area (Å²) in [4.78, 5) is 4.10. The maximum Gasteiger partial charge on any atom is 0.234 e. The van der Waals surface area contributed by atoms with Crippen molar-refractivity contribution in [3.63, 3.8) is 0 Å². The molecule has 4 nitrogen and oxygen atoms in total. The molecular formula is C16H10ClFN4. The molecule has 108 valence electrons. The number of aromatic nitrogens is 3. The lowest BCUT2D eigenvalue weighted by molar-refractivity contribution is 0.548. The molecule has 2 aromatic heterocycles. The van der Waals surface area contributed by atoms with Gasteiger partial charge in [-0.1, -0.05) is 23.7 Å². The molecule has 0 radical (unpaired) electrons. The van der Waals surface area contributed by atoms with Crippen molar-refractivity contribution in [1.82, 2.24) is 14.6 Å². The molecule has 6 heteroatoms. The maximum absolute atomic E-state index is 13.6. The largest absolute Gasteiger partial charge is 0.234 e. The summed E-state index contributed by atoms with van der Waals surface area (Å²) in [6.07, 6.45) is 2.11. The highest BCUT2D eigenvalue weighted by atomic mass is 35.5. The van der Waals surface area contributed by atoms with Crippen LogP contribution in [-0.2, 0) is 0 Å². The predicted octanol–water partition coefficient (Wildman–Crippen LogP) is 3.66. The zero-order valence-electron chi connectivity index (χ0n) is 11.4. The van der Waals surface area contributed by atoms with Crippen LogP contribution in [0.2, 0.25) is 5.15 Å². The van der Waals surface area contributed by atoms with Crippen LogP contribution in [0, 0.1) is 17.3 Å². The van der Waals surface area contributed by atoms with E-state index in [2.05, 4.69) is 16.2 Å². The molecule has 3 aromatic rings. The van der Waals surface area contributed by atoms with Crippen LogP contribution in [0.15, 0.2) is 36.5 Å². The van der Waals surface area contributed by atoms with E-state index in [-0.39, 0.29) is 11.1 Å². The van der Waals surface area contributed by atoms with Crippen LogP contribution in [0.1, 0.15) is 34.9 Å². The van der Waals surface area contributed by atoms with Gasteiger partial charge in [-0.05, 0) is 42.0 Å². The van der Waals surface area contributed by atoms with E-state index in [0.29, 0.717) is 17.1 Å². The fourth-order valence-electron chi connectivity index (χ4n) is 2.92. The summed E-state index contributed by atoms with van der Waals surface area (Å²) in [7, 11) is 0. The third-order valence-electron chi connectivity index (χ3n) is 4.08. The molecule has 0 saturated heterocycles. The highest BCUT2D eigenvalue weighted by Gasteiger charge is 2.41. The molecular weight excluding hydrogens is 303 g/mol. The number of halogens is 2. The Balaban J connectivity index is 1.71. The quantitative estimate of drug-likeness (QED) is 0.725. The van der Waals surface area contributed by atoms with Gasteiger partial charge in [-0.25, -0.2) is 4.98 Å². The van der Waals surface area contributed by atoms with Crippen LogP contribution >= 0.6 is 11.6 Å². The number of nitriles is 1. The number of nitrogens with zero attached hydrogens (tertiary/aromatic N) is 4. The highest BCUT2D eigenvalue weighted by Crippen LogP contribution is 2.55. The Morgan fingerprint density at radius 1 is 1.27 bits per heavy atom. The predicted molar refractivity (Wildman–Crippen MR) is 79.2 cm³/mol. The molecule has 2 atom stereocenters. The van der Waals surface area contributed by atoms with E-state index in [1.165, 1.54) is 5.56 Å². The van der Waals surface area contributed by atoms with Crippen molar-refractivity contribution >= 4 is 17.2 Å². The first-order valence-corrected chi connectivity index (χ1v) is 7.25. The van der Waals surface area contributed by atoms with Gasteiger partial charge in [-0.15, -0.1) is 0 Å². The molecule has 2 heterocycles. The van der Waals surface area contributed by atoms with E-state index in [4.69, 9.17) is 16.9 Å². The average Bonchev–Trinajstić information content (AvgIpc) is 3.25. The second kappa shape index (κ2) is 4.79. The molecule has 22 heavy (non-hydrogen) atoms. The molecule has 1 aliphatic rings. The van der Waals surface area contributed by atoms with Crippen LogP contribution in [0.25, 0.3) is 5.65 Å². The summed E-state index contributed by atoms with van der Waals surface area (Å²) in [6.45, 7) is 0. The van der Waals surface area contributed by atoms with Gasteiger partial charge in [-0.2, -0.15) is 19.3 Å². The first-order valence-electron chi connectivity index (χ1n) is 6.87. The highest BCUT2D eigenvalue weighted by molar-refractivity contribution is 6.29. The molecule has 1 saturated carbocycles. The van der Waals surface area contributed by atoms with Crippen LogP contribution in [-0.4, -0.2) is 14.6 Å². The maximum atomic E-state index is 13.6. The van der Waals surface area contributed by atoms with Crippen LogP contribution in [0.4, 0.5) is 4.39 Å². The molecule has 1 fully saturated rings. The van der Waals surface area contributed by atoms with Gasteiger partial charge in [-0.3, -0.25) is 0 Å². The summed E-state index contributed by atoms with van der Waals surface area (Å²) in [5.41, 5.74) is 3.24. The summed E-state index contributed by atoms with van der Waals surface area (Å²) in [5, 5.41) is 13.0. The van der Waals surface area contributed by atoms with Gasteiger partial charge in [0, 0.05) is 5.56 Å². The SMILES string of the molecule is N#Cc1ccc(C2C[C@@H]2c2cc(Cl)nn3c(F)cnc23)cc1. The van der Waals surface area contributed by atoms with Crippen molar-refractivity contribution in [3.05, 3.63) is 64.3 Å². The second-order valence-electron chi connectivity index (χ2n) is 5.42. The number of fused-ring (bicyclic) bond motifs is 1. The van der Waals surface area contributed by atoms with Crippen LogP contribution in [0.5, 0.6) is 0 Å². The number of hydrogen-bond acceptors (Lipinski definition) is 3. The summed E-state index contributed by atoms with van der Waals surface area (Å²) in [6, 6.07) is 11.4. The number of benzene rings is 1. The fourth-order valence-corrected chi connectivity index (χ4v) is 3.11. The fraction of sp³-hybridized carbons (Fsp3) is 0.188. The molecule has 0 spiro atoms. The van der Waals surface area contributed by atoms with Crippen molar-refractivity contribution in [3.8, 4) is 6.07 Å². The van der Waals surface area contributed by atoms with Crippen molar-refractivity contribution in [2.24, 2.45) is 0 Å². The van der Waals surface area contributed by atoms with Crippen molar-refractivity contribution in [2.45, 2.75) is 18.3 Å². The van der Waals surface area contributed by atoms with E-state index in [1.807, 2.05) is 24.3 Å². The zero-order chi connectivity index (χ0) is 15.3. The average molecular weight is 313 g/mol. The van der Waals surface area contributed by atoms with Gasteiger partial charge in [0.05, 0.1) is 17.8 Å². The van der Waals surface area contributed by atoms with Crippen molar-refractivity contribution in [1.29, 1.82) is 5.26 Å². The Labute approximate surface area is 130 Å². The minimum absolute atomic E-state index is 0.248. The molecule has 4 rings (SSSR count). The molecule has 1 aliphatic carbocycles. The van der Waals surface area contributed by atoms with Crippen molar-refractivity contribution < 1.29 is 4.39 Å². The van der Waals surface area contributed by atoms with Gasteiger partial charge < -0.3 is 0 Å². The van der Waals surface area contributed by atoms with E-state index in [0.717, 1.165) is 22.7 Å². The Morgan fingerprint density at radius 2 is 2.05 bits per heavy atom. The standard InChI is InChI=1S/C16H10ClFN4/c17-14-6-13(16-20-8-15(18)22(16)21-14)12-5-11(12)10-3-1-9(7-19)2-4-10/h1-4,6,8,11-12H,5H2/t11?,12-/m0/s1. The zero-order valence-corrected chi connectivity index (χ0v) is 12.1. The molecule has 0 bridgehead atoms. The lowest BCUT2D eigenvalue weighted by Crippen LogP contribution is -1.99. The minimum atomic E-state index is -0.519. The lowest BCUT2D eigenvalue weighted by Gasteiger charge is -2.04. The summed E-state index contributed by atoms with van der Waals surface area (Å²) < 4.78 is 14.8. The monoisotopic (exact) mass is 312 g/mol. The van der Waals surface area contributed by atoms with Crippen molar-refractivity contribution in [2.75, 3.05) is 0 Å². The van der Waals surface area contributed by atoms with Gasteiger partial charge in [0.1, 0.15) is 0 Å². The smallest absolute Gasteiger partial charge is 0.232 e. The third kappa shape index (κ3) is 2.04. The van der Waals surface area contributed by atoms with E-state index in [9.17, 15) is 4.39 Å². The Morgan fingerprint density at radius 3 is 2.77 bits per heavy atom. The third-order valence-corrected chi connectivity index (χ3v) is 4.27. The summed E-state index contributed by atoms with van der Waals surface area (Å²) >= 11 is 6.00. The van der Waals surface area contributed by atoms with Gasteiger partial charge >= 0.3 is 0 Å². The normalized spacial score (nSPS) is 20.0. The molecule has 1 unspecified atom stereocenters. The number of hydrogen-bond donors (Lipinski definition) is 0. The van der Waals surface area contributed by atoms with Gasteiger partial charge in [0.25, 0.3) is 0 Å². The molecule has 1 aromatic carbocycles. The minimum Gasteiger partial charge on any atom is -0.232 e. The van der Waals surface area contributed by atoms with Crippen LogP contribution < -0.4 is 0 Å². The molecule has 0 amide bonds. The van der Waals surface area contributed by atoms with E-state index in [1.54, 1.807) is 6.07 Å². The molecule has 0 N–H and O–H groups in total. The van der Waals surface area contributed by atoms with Gasteiger partial charge in [0.2, 0.25) is 5.95 Å². The van der Waals surface area contributed by atoms with Crippen LogP contribution in [0.3, 0.4) is 0 Å². The molecule has 0 aliphatic heterocycles. The second-order valence-corrected chi connectivity index (χ2v) is 5.81. The first kappa shape index (κ1) is 13.2. The summed E-state index contributed by atoms with van der Waals surface area (Å²) in [5.74, 6) is 0.0711. The Bertz CT molecular complexity index is 910. The first-order chi connectivity index (χ1) is 10.7. The Hall–Kier alpha value is -2.45.